The lowest BCUT2D eigenvalue weighted by molar-refractivity contribution is -0.310. The van der Waals surface area contributed by atoms with Gasteiger partial charge in [-0.05, 0) is 43.7 Å². The molecule has 0 radical (unpaired) electrons. The number of anilines is 1. The number of carboxylic acids is 1. The summed E-state index contributed by atoms with van der Waals surface area (Å²) >= 11 is 1.72. The molecule has 28 heavy (non-hydrogen) atoms. The third-order valence-corrected chi connectivity index (χ3v) is 6.14. The molecule has 1 unspecified atom stereocenters. The zero-order valence-corrected chi connectivity index (χ0v) is 16.6. The van der Waals surface area contributed by atoms with E-state index in [1.54, 1.807) is 18.3 Å². The number of aromatic nitrogens is 2. The lowest BCUT2D eigenvalue weighted by atomic mass is 9.97. The van der Waals surface area contributed by atoms with Crippen molar-refractivity contribution < 1.29 is 14.6 Å². The fraction of sp³-hybridized carbons (Fsp3) is 0.381. The van der Waals surface area contributed by atoms with Gasteiger partial charge < -0.3 is 20.0 Å². The number of fused-ring (bicyclic) bond motifs is 3. The number of aryl methyl sites for hydroxylation is 2. The van der Waals surface area contributed by atoms with E-state index in [0.29, 0.717) is 12.4 Å². The fourth-order valence-corrected chi connectivity index (χ4v) is 4.80. The number of carbonyl (C=O) groups is 1. The van der Waals surface area contributed by atoms with Gasteiger partial charge in [0.25, 0.3) is 0 Å². The Morgan fingerprint density at radius 3 is 2.82 bits per heavy atom. The summed E-state index contributed by atoms with van der Waals surface area (Å²) in [5.74, 6) is 0.0389. The average molecular weight is 396 g/mol. The molecule has 1 aliphatic rings. The number of ether oxygens (including phenoxy) is 1. The first-order chi connectivity index (χ1) is 13.6. The van der Waals surface area contributed by atoms with E-state index in [0.717, 1.165) is 28.9 Å². The molecule has 0 bridgehead atoms. The van der Waals surface area contributed by atoms with Crippen molar-refractivity contribution in [2.24, 2.45) is 0 Å². The number of rotatable bonds is 7. The highest BCUT2D eigenvalue weighted by Crippen LogP contribution is 2.39. The molecular weight excluding hydrogens is 374 g/mol. The smallest absolute Gasteiger partial charge is 0.160 e. The standard InChI is InChI=1S/C21H23N3O3S/c1-13(27-12-17(25)26)19-23-20(22-11-14-7-3-2-4-8-14)18-15-9-5-6-10-16(15)28-21(18)24-19/h2-4,7-8,13H,5-6,9-12H2,1H3,(H,25,26)(H,22,23,24)/p-1. The van der Waals surface area contributed by atoms with E-state index in [2.05, 4.69) is 17.4 Å². The summed E-state index contributed by atoms with van der Waals surface area (Å²) in [4.78, 5) is 22.5. The molecule has 1 aromatic carbocycles. The second kappa shape index (κ2) is 8.24. The van der Waals surface area contributed by atoms with Gasteiger partial charge in [-0.2, -0.15) is 0 Å². The Balaban J connectivity index is 1.70. The Morgan fingerprint density at radius 1 is 1.25 bits per heavy atom. The molecule has 0 aliphatic heterocycles. The number of hydrogen-bond acceptors (Lipinski definition) is 7. The topological polar surface area (TPSA) is 87.2 Å². The number of nitrogens with one attached hydrogen (secondary N) is 1. The van der Waals surface area contributed by atoms with Gasteiger partial charge >= 0.3 is 0 Å². The molecule has 6 nitrogen and oxygen atoms in total. The van der Waals surface area contributed by atoms with Crippen molar-refractivity contribution in [1.29, 1.82) is 0 Å². The number of thiophene rings is 1. The molecule has 0 saturated heterocycles. The van der Waals surface area contributed by atoms with E-state index in [9.17, 15) is 9.90 Å². The first kappa shape index (κ1) is 18.8. The molecule has 0 spiro atoms. The van der Waals surface area contributed by atoms with Gasteiger partial charge in [0.15, 0.2) is 5.82 Å². The Morgan fingerprint density at radius 2 is 2.04 bits per heavy atom. The first-order valence-electron chi connectivity index (χ1n) is 9.53. The van der Waals surface area contributed by atoms with Gasteiger partial charge in [0.1, 0.15) is 16.8 Å². The van der Waals surface area contributed by atoms with Crippen LogP contribution in [0.3, 0.4) is 0 Å². The van der Waals surface area contributed by atoms with Crippen molar-refractivity contribution in [1.82, 2.24) is 9.97 Å². The third-order valence-electron chi connectivity index (χ3n) is 4.95. The van der Waals surface area contributed by atoms with Crippen LogP contribution in [0.4, 0.5) is 5.82 Å². The molecule has 0 saturated carbocycles. The van der Waals surface area contributed by atoms with E-state index in [1.165, 1.54) is 28.8 Å². The van der Waals surface area contributed by atoms with Crippen LogP contribution in [0.2, 0.25) is 0 Å². The van der Waals surface area contributed by atoms with E-state index in [-0.39, 0.29) is 0 Å². The van der Waals surface area contributed by atoms with Crippen LogP contribution in [0.5, 0.6) is 0 Å². The second-order valence-corrected chi connectivity index (χ2v) is 8.07. The van der Waals surface area contributed by atoms with Gasteiger partial charge in [0, 0.05) is 11.4 Å². The molecule has 3 aromatic rings. The Labute approximate surface area is 167 Å². The van der Waals surface area contributed by atoms with Gasteiger partial charge in [-0.25, -0.2) is 9.97 Å². The molecule has 2 aromatic heterocycles. The van der Waals surface area contributed by atoms with Crippen LogP contribution < -0.4 is 10.4 Å². The SMILES string of the molecule is CC(OCC(=O)[O-])c1nc(NCc2ccccc2)c2c3c(sc2n1)CCCC3. The molecular formula is C21H22N3O3S-. The summed E-state index contributed by atoms with van der Waals surface area (Å²) in [5.41, 5.74) is 2.53. The summed E-state index contributed by atoms with van der Waals surface area (Å²) in [6, 6.07) is 10.2. The molecule has 0 amide bonds. The minimum atomic E-state index is -1.25. The van der Waals surface area contributed by atoms with Gasteiger partial charge in [0.2, 0.25) is 0 Å². The van der Waals surface area contributed by atoms with Gasteiger partial charge in [-0.1, -0.05) is 30.3 Å². The van der Waals surface area contributed by atoms with Crippen molar-refractivity contribution >= 4 is 33.3 Å². The maximum atomic E-state index is 10.7. The quantitative estimate of drug-likeness (QED) is 0.661. The summed E-state index contributed by atoms with van der Waals surface area (Å²) in [5, 5.41) is 15.3. The Bertz CT molecular complexity index is 987. The normalized spacial score (nSPS) is 14.6. The second-order valence-electron chi connectivity index (χ2n) is 6.99. The predicted octanol–water partition coefficient (Wildman–Crippen LogP) is 3.01. The van der Waals surface area contributed by atoms with Crippen LogP contribution in [0, 0.1) is 0 Å². The molecule has 0 fully saturated rings. The van der Waals surface area contributed by atoms with Crippen LogP contribution >= 0.6 is 11.3 Å². The van der Waals surface area contributed by atoms with E-state index in [1.807, 2.05) is 18.2 Å². The fourth-order valence-electron chi connectivity index (χ4n) is 3.53. The number of carboxylic acid groups (broad SMARTS) is 1. The number of aliphatic carboxylic acids is 1. The minimum absolute atomic E-state index is 0.476. The summed E-state index contributed by atoms with van der Waals surface area (Å²) in [6.07, 6.45) is 4.00. The molecule has 1 aliphatic carbocycles. The minimum Gasteiger partial charge on any atom is -0.548 e. The monoisotopic (exact) mass is 396 g/mol. The van der Waals surface area contributed by atoms with Crippen molar-refractivity contribution in [3.8, 4) is 0 Å². The maximum absolute atomic E-state index is 10.7. The van der Waals surface area contributed by atoms with Crippen LogP contribution in [-0.2, 0) is 28.9 Å². The van der Waals surface area contributed by atoms with Crippen molar-refractivity contribution in [2.75, 3.05) is 11.9 Å². The van der Waals surface area contributed by atoms with E-state index < -0.39 is 18.7 Å². The summed E-state index contributed by atoms with van der Waals surface area (Å²) < 4.78 is 5.35. The molecule has 1 N–H and O–H groups in total. The number of nitrogens with zero attached hydrogens (tertiary/aromatic N) is 2. The zero-order chi connectivity index (χ0) is 19.5. The van der Waals surface area contributed by atoms with Crippen LogP contribution in [-0.4, -0.2) is 22.5 Å². The van der Waals surface area contributed by atoms with Crippen molar-refractivity contribution in [3.63, 3.8) is 0 Å². The maximum Gasteiger partial charge on any atom is 0.160 e. The van der Waals surface area contributed by atoms with E-state index in [4.69, 9.17) is 14.7 Å². The molecule has 146 valence electrons. The summed E-state index contributed by atoms with van der Waals surface area (Å²) in [7, 11) is 0. The third kappa shape index (κ3) is 4.00. The molecule has 2 heterocycles. The highest BCUT2D eigenvalue weighted by Gasteiger charge is 2.22. The Kier molecular flexibility index (Phi) is 5.54. The largest absolute Gasteiger partial charge is 0.548 e. The highest BCUT2D eigenvalue weighted by molar-refractivity contribution is 7.19. The summed E-state index contributed by atoms with van der Waals surface area (Å²) in [6.45, 7) is 1.94. The van der Waals surface area contributed by atoms with Gasteiger partial charge in [-0.15, -0.1) is 11.3 Å². The van der Waals surface area contributed by atoms with Crippen LogP contribution in [0.25, 0.3) is 10.2 Å². The number of benzene rings is 1. The lowest BCUT2D eigenvalue weighted by Gasteiger charge is -2.16. The van der Waals surface area contributed by atoms with Gasteiger partial charge in [-0.3, -0.25) is 0 Å². The van der Waals surface area contributed by atoms with Crippen molar-refractivity contribution in [3.05, 3.63) is 52.2 Å². The molecule has 4 rings (SSSR count). The Hall–Kier alpha value is -2.51. The van der Waals surface area contributed by atoms with E-state index >= 15 is 0 Å². The lowest BCUT2D eigenvalue weighted by Crippen LogP contribution is -2.28. The number of carbonyl (C=O) groups excluding carboxylic acids is 1. The zero-order valence-electron chi connectivity index (χ0n) is 15.7. The van der Waals surface area contributed by atoms with Crippen LogP contribution in [0.15, 0.2) is 30.3 Å². The first-order valence-corrected chi connectivity index (χ1v) is 10.3. The molecule has 7 heteroatoms. The highest BCUT2D eigenvalue weighted by atomic mass is 32.1. The number of hydrogen-bond donors (Lipinski definition) is 1. The predicted molar refractivity (Wildman–Crippen MR) is 107 cm³/mol. The van der Waals surface area contributed by atoms with Crippen LogP contribution in [0.1, 0.15) is 47.7 Å². The average Bonchev–Trinajstić information content (AvgIpc) is 3.09. The molecule has 1 atom stereocenters. The van der Waals surface area contributed by atoms with Crippen molar-refractivity contribution in [2.45, 2.75) is 45.3 Å². The van der Waals surface area contributed by atoms with Gasteiger partial charge in [0.05, 0.1) is 18.0 Å².